The number of aromatic nitrogens is 2. The van der Waals surface area contributed by atoms with E-state index >= 15 is 0 Å². The molecule has 19 heavy (non-hydrogen) atoms. The summed E-state index contributed by atoms with van der Waals surface area (Å²) in [5.74, 6) is 0.316. The second-order valence-corrected chi connectivity index (χ2v) is 4.57. The predicted octanol–water partition coefficient (Wildman–Crippen LogP) is 2.40. The molecule has 2 rings (SSSR count). The lowest BCUT2D eigenvalue weighted by Gasteiger charge is -2.05. The van der Waals surface area contributed by atoms with Crippen LogP contribution in [0.3, 0.4) is 0 Å². The Labute approximate surface area is 110 Å². The lowest BCUT2D eigenvalue weighted by Crippen LogP contribution is -2.01. The van der Waals surface area contributed by atoms with E-state index in [4.69, 9.17) is 0 Å². The van der Waals surface area contributed by atoms with E-state index in [1.54, 1.807) is 23.0 Å². The van der Waals surface area contributed by atoms with Crippen molar-refractivity contribution in [2.24, 2.45) is 0 Å². The van der Waals surface area contributed by atoms with Gasteiger partial charge in [0, 0.05) is 12.3 Å². The van der Waals surface area contributed by atoms with Gasteiger partial charge in [0.05, 0.1) is 28.5 Å². The molecule has 6 heteroatoms. The minimum absolute atomic E-state index is 0.0810. The average molecular weight is 261 g/mol. The molecular formula is C13H15N3O3. The molecule has 1 N–H and O–H groups in total. The smallest absolute Gasteiger partial charge is 0.275 e. The molecule has 1 aromatic heterocycles. The van der Waals surface area contributed by atoms with Gasteiger partial charge in [0.25, 0.3) is 5.69 Å². The molecule has 100 valence electrons. The Hall–Kier alpha value is -2.21. The van der Waals surface area contributed by atoms with E-state index in [-0.39, 0.29) is 17.9 Å². The van der Waals surface area contributed by atoms with Crippen molar-refractivity contribution in [1.29, 1.82) is 0 Å². The number of aliphatic hydroxyl groups is 1. The second-order valence-electron chi connectivity index (χ2n) is 4.57. The summed E-state index contributed by atoms with van der Waals surface area (Å²) in [4.78, 5) is 10.3. The van der Waals surface area contributed by atoms with Crippen LogP contribution in [0.2, 0.25) is 0 Å². The molecule has 0 amide bonds. The number of nitro groups is 1. The van der Waals surface area contributed by atoms with E-state index in [0.29, 0.717) is 11.6 Å². The maximum atomic E-state index is 10.8. The van der Waals surface area contributed by atoms with Crippen molar-refractivity contribution in [2.75, 3.05) is 0 Å². The van der Waals surface area contributed by atoms with Gasteiger partial charge in [0.2, 0.25) is 0 Å². The van der Waals surface area contributed by atoms with Gasteiger partial charge < -0.3 is 5.11 Å². The Bertz CT molecular complexity index is 605. The molecule has 2 aromatic rings. The maximum absolute atomic E-state index is 10.8. The summed E-state index contributed by atoms with van der Waals surface area (Å²) in [7, 11) is 0. The highest BCUT2D eigenvalue weighted by Gasteiger charge is 2.14. The van der Waals surface area contributed by atoms with Crippen LogP contribution < -0.4 is 0 Å². The van der Waals surface area contributed by atoms with E-state index < -0.39 is 4.92 Å². The monoisotopic (exact) mass is 261 g/mol. The van der Waals surface area contributed by atoms with Crippen LogP contribution in [0.15, 0.2) is 30.5 Å². The molecule has 0 saturated carbocycles. The molecule has 0 spiro atoms. The van der Waals surface area contributed by atoms with Gasteiger partial charge >= 0.3 is 0 Å². The molecule has 0 atom stereocenters. The zero-order valence-electron chi connectivity index (χ0n) is 10.8. The highest BCUT2D eigenvalue weighted by molar-refractivity contribution is 5.47. The number of aliphatic hydroxyl groups excluding tert-OH is 1. The maximum Gasteiger partial charge on any atom is 0.275 e. The first-order valence-electron chi connectivity index (χ1n) is 5.97. The first kappa shape index (κ1) is 13.2. The van der Waals surface area contributed by atoms with Crippen LogP contribution in [0, 0.1) is 10.1 Å². The van der Waals surface area contributed by atoms with Crippen molar-refractivity contribution in [3.8, 4) is 5.69 Å². The topological polar surface area (TPSA) is 81.2 Å². The second kappa shape index (κ2) is 5.19. The summed E-state index contributed by atoms with van der Waals surface area (Å²) in [5.41, 5.74) is 1.84. The summed E-state index contributed by atoms with van der Waals surface area (Å²) in [6.45, 7) is 3.71. The van der Waals surface area contributed by atoms with E-state index in [1.165, 1.54) is 6.07 Å². The van der Waals surface area contributed by atoms with Crippen molar-refractivity contribution in [3.05, 3.63) is 51.8 Å². The Morgan fingerprint density at radius 3 is 2.68 bits per heavy atom. The summed E-state index contributed by atoms with van der Waals surface area (Å²) < 4.78 is 1.65. The van der Waals surface area contributed by atoms with Crippen LogP contribution >= 0.6 is 0 Å². The van der Waals surface area contributed by atoms with E-state index in [1.807, 2.05) is 19.9 Å². The molecule has 0 aliphatic heterocycles. The Balaban J connectivity index is 2.42. The quantitative estimate of drug-likeness (QED) is 0.676. The average Bonchev–Trinajstić information content (AvgIpc) is 2.87. The Morgan fingerprint density at radius 1 is 1.42 bits per heavy atom. The molecule has 0 saturated heterocycles. The highest BCUT2D eigenvalue weighted by Crippen LogP contribution is 2.22. The number of nitrogens with zero attached hydrogens (tertiary/aromatic N) is 3. The molecule has 0 radical (unpaired) electrons. The summed E-state index contributed by atoms with van der Waals surface area (Å²) in [6, 6.07) is 6.49. The minimum atomic E-state index is -0.502. The Morgan fingerprint density at radius 2 is 2.16 bits per heavy atom. The molecule has 0 unspecified atom stereocenters. The van der Waals surface area contributed by atoms with Crippen LogP contribution in [0.4, 0.5) is 5.69 Å². The van der Waals surface area contributed by atoms with Crippen LogP contribution in [0.25, 0.3) is 5.69 Å². The van der Waals surface area contributed by atoms with Crippen molar-refractivity contribution in [3.63, 3.8) is 0 Å². The van der Waals surface area contributed by atoms with Crippen LogP contribution in [-0.4, -0.2) is 19.8 Å². The predicted molar refractivity (Wildman–Crippen MR) is 70.2 cm³/mol. The van der Waals surface area contributed by atoms with Crippen LogP contribution in [-0.2, 0) is 6.61 Å². The summed E-state index contributed by atoms with van der Waals surface area (Å²) >= 11 is 0. The summed E-state index contributed by atoms with van der Waals surface area (Å²) in [6.07, 6.45) is 1.80. The van der Waals surface area contributed by atoms with Gasteiger partial charge in [-0.15, -0.1) is 0 Å². The van der Waals surface area contributed by atoms with Gasteiger partial charge in [0.1, 0.15) is 0 Å². The van der Waals surface area contributed by atoms with E-state index in [0.717, 1.165) is 5.69 Å². The molecule has 0 bridgehead atoms. The molecule has 0 fully saturated rings. The first-order valence-corrected chi connectivity index (χ1v) is 5.97. The number of hydrogen-bond donors (Lipinski definition) is 1. The van der Waals surface area contributed by atoms with Crippen molar-refractivity contribution >= 4 is 5.69 Å². The van der Waals surface area contributed by atoms with Crippen molar-refractivity contribution in [2.45, 2.75) is 26.4 Å². The fourth-order valence-electron chi connectivity index (χ4n) is 1.81. The standard InChI is InChI=1S/C13H15N3O3/c1-9(2)12-5-6-15(14-12)11-3-4-13(16(18)19)10(7-11)8-17/h3-7,9,17H,8H2,1-2H3. The normalized spacial score (nSPS) is 10.9. The van der Waals surface area contributed by atoms with Crippen LogP contribution in [0.5, 0.6) is 0 Å². The van der Waals surface area contributed by atoms with Crippen molar-refractivity contribution < 1.29 is 10.0 Å². The van der Waals surface area contributed by atoms with Gasteiger partial charge in [-0.3, -0.25) is 10.1 Å². The largest absolute Gasteiger partial charge is 0.391 e. The zero-order chi connectivity index (χ0) is 14.0. The van der Waals surface area contributed by atoms with Gasteiger partial charge in [-0.1, -0.05) is 13.8 Å². The van der Waals surface area contributed by atoms with E-state index in [2.05, 4.69) is 5.10 Å². The van der Waals surface area contributed by atoms with E-state index in [9.17, 15) is 15.2 Å². The third-order valence-corrected chi connectivity index (χ3v) is 2.90. The number of benzene rings is 1. The Kier molecular flexibility index (Phi) is 3.62. The highest BCUT2D eigenvalue weighted by atomic mass is 16.6. The third-order valence-electron chi connectivity index (χ3n) is 2.90. The van der Waals surface area contributed by atoms with Gasteiger partial charge in [0.15, 0.2) is 0 Å². The molecule has 0 aliphatic rings. The van der Waals surface area contributed by atoms with Crippen molar-refractivity contribution in [1.82, 2.24) is 9.78 Å². The summed E-state index contributed by atoms with van der Waals surface area (Å²) in [5, 5.41) is 24.4. The van der Waals surface area contributed by atoms with Gasteiger partial charge in [-0.25, -0.2) is 4.68 Å². The lowest BCUT2D eigenvalue weighted by molar-refractivity contribution is -0.385. The number of nitro benzene ring substituents is 1. The first-order chi connectivity index (χ1) is 9.02. The molecule has 1 heterocycles. The fraction of sp³-hybridized carbons (Fsp3) is 0.308. The van der Waals surface area contributed by atoms with Gasteiger partial charge in [-0.05, 0) is 24.1 Å². The third kappa shape index (κ3) is 2.63. The minimum Gasteiger partial charge on any atom is -0.391 e. The molecule has 6 nitrogen and oxygen atoms in total. The van der Waals surface area contributed by atoms with Gasteiger partial charge in [-0.2, -0.15) is 5.10 Å². The molecule has 1 aromatic carbocycles. The SMILES string of the molecule is CC(C)c1ccn(-c2ccc([N+](=O)[O-])c(CO)c2)n1. The zero-order valence-corrected chi connectivity index (χ0v) is 10.8. The number of hydrogen-bond acceptors (Lipinski definition) is 4. The molecular weight excluding hydrogens is 246 g/mol. The lowest BCUT2D eigenvalue weighted by atomic mass is 10.1. The van der Waals surface area contributed by atoms with Crippen LogP contribution in [0.1, 0.15) is 31.0 Å². The fourth-order valence-corrected chi connectivity index (χ4v) is 1.81. The molecule has 0 aliphatic carbocycles. The number of rotatable bonds is 4.